The lowest BCUT2D eigenvalue weighted by Crippen LogP contribution is -2.54. The number of benzene rings is 2. The fourth-order valence-corrected chi connectivity index (χ4v) is 7.54. The minimum atomic E-state index is -0.900. The van der Waals surface area contributed by atoms with Crippen LogP contribution < -0.4 is 5.32 Å². The Balaban J connectivity index is 1.05. The Hall–Kier alpha value is -3.63. The number of amides is 4. The molecule has 4 aliphatic rings. The molecule has 2 N–H and O–H groups in total. The zero-order valence-corrected chi connectivity index (χ0v) is 27.3. The molecule has 4 heterocycles. The van der Waals surface area contributed by atoms with E-state index in [2.05, 4.69) is 16.3 Å². The summed E-state index contributed by atoms with van der Waals surface area (Å²) in [7, 11) is 0. The van der Waals surface area contributed by atoms with E-state index < -0.39 is 17.8 Å². The second-order valence-corrected chi connectivity index (χ2v) is 13.8. The van der Waals surface area contributed by atoms with Gasteiger partial charge in [-0.05, 0) is 81.5 Å². The fourth-order valence-electron chi connectivity index (χ4n) is 7.54. The van der Waals surface area contributed by atoms with E-state index in [1.54, 1.807) is 4.90 Å². The predicted molar refractivity (Wildman–Crippen MR) is 177 cm³/mol. The number of aryl methyl sites for hydroxylation is 1. The lowest BCUT2D eigenvalue weighted by molar-refractivity contribution is -0.142. The van der Waals surface area contributed by atoms with E-state index in [1.807, 2.05) is 66.1 Å². The van der Waals surface area contributed by atoms with Crippen molar-refractivity contribution in [2.75, 3.05) is 51.1 Å². The van der Waals surface area contributed by atoms with Gasteiger partial charge in [-0.2, -0.15) is 0 Å². The molecule has 1 atom stereocenters. The average Bonchev–Trinajstić information content (AvgIpc) is 3.23. The minimum Gasteiger partial charge on any atom is -0.436 e. The average molecular weight is 632 g/mol. The Kier molecular flexibility index (Phi) is 9.84. The molecule has 0 aromatic heterocycles. The SMILES string of the molecule is Cc1ccccc1C[C@@H](OC(=O)N1CCC(N2CCc3ccccc3NC2=O)CC1)C(=O)N1CCC(N2CCC(C)(O)CC2)CC1. The van der Waals surface area contributed by atoms with Gasteiger partial charge >= 0.3 is 12.1 Å². The highest BCUT2D eigenvalue weighted by Gasteiger charge is 2.37. The van der Waals surface area contributed by atoms with Gasteiger partial charge in [0.25, 0.3) is 5.91 Å². The molecule has 4 amide bonds. The summed E-state index contributed by atoms with van der Waals surface area (Å²) in [5.41, 5.74) is 3.48. The number of piperidine rings is 3. The molecule has 2 aromatic carbocycles. The zero-order valence-electron chi connectivity index (χ0n) is 27.3. The van der Waals surface area contributed by atoms with Crippen molar-refractivity contribution >= 4 is 23.7 Å². The summed E-state index contributed by atoms with van der Waals surface area (Å²) in [6, 6.07) is 16.2. The van der Waals surface area contributed by atoms with Crippen LogP contribution in [0.4, 0.5) is 15.3 Å². The Bertz CT molecular complexity index is 1390. The molecule has 0 unspecified atom stereocenters. The summed E-state index contributed by atoms with van der Waals surface area (Å²) in [6.45, 7) is 8.54. The van der Waals surface area contributed by atoms with Crippen molar-refractivity contribution in [2.45, 2.75) is 89.0 Å². The van der Waals surface area contributed by atoms with Crippen LogP contribution >= 0.6 is 0 Å². The molecule has 0 aliphatic carbocycles. The lowest BCUT2D eigenvalue weighted by Gasteiger charge is -2.43. The van der Waals surface area contributed by atoms with Crippen LogP contribution in [-0.2, 0) is 22.4 Å². The number of para-hydroxylation sites is 1. The first-order valence-electron chi connectivity index (χ1n) is 17.1. The van der Waals surface area contributed by atoms with Gasteiger partial charge in [-0.25, -0.2) is 9.59 Å². The number of aliphatic hydroxyl groups is 1. The number of anilines is 1. The van der Waals surface area contributed by atoms with Crippen LogP contribution in [0.1, 0.15) is 62.1 Å². The number of nitrogens with one attached hydrogen (secondary N) is 1. The molecule has 3 fully saturated rings. The van der Waals surface area contributed by atoms with Crippen LogP contribution in [0.5, 0.6) is 0 Å². The molecule has 4 aliphatic heterocycles. The van der Waals surface area contributed by atoms with Gasteiger partial charge in [0.05, 0.1) is 5.60 Å². The molecule has 0 saturated carbocycles. The number of rotatable bonds is 6. The quantitative estimate of drug-likeness (QED) is 0.489. The molecule has 6 rings (SSSR count). The molecule has 248 valence electrons. The normalized spacial score (nSPS) is 22.1. The van der Waals surface area contributed by atoms with Gasteiger partial charge < -0.3 is 34.8 Å². The van der Waals surface area contributed by atoms with Gasteiger partial charge in [-0.1, -0.05) is 42.5 Å². The van der Waals surface area contributed by atoms with Crippen molar-refractivity contribution in [3.05, 3.63) is 65.2 Å². The van der Waals surface area contributed by atoms with Crippen LogP contribution in [-0.4, -0.2) is 112 Å². The van der Waals surface area contributed by atoms with Crippen molar-refractivity contribution in [3.63, 3.8) is 0 Å². The van der Waals surface area contributed by atoms with Crippen molar-refractivity contribution in [1.29, 1.82) is 0 Å². The van der Waals surface area contributed by atoms with Crippen molar-refractivity contribution in [2.24, 2.45) is 0 Å². The monoisotopic (exact) mass is 631 g/mol. The van der Waals surface area contributed by atoms with Crippen LogP contribution in [0.2, 0.25) is 0 Å². The molecule has 0 bridgehead atoms. The van der Waals surface area contributed by atoms with Gasteiger partial charge in [0.15, 0.2) is 6.10 Å². The second kappa shape index (κ2) is 14.0. The number of urea groups is 1. The van der Waals surface area contributed by atoms with E-state index in [4.69, 9.17) is 4.74 Å². The molecule has 10 nitrogen and oxygen atoms in total. The van der Waals surface area contributed by atoms with E-state index in [0.29, 0.717) is 58.0 Å². The van der Waals surface area contributed by atoms with Crippen LogP contribution in [0.25, 0.3) is 0 Å². The number of hydrogen-bond donors (Lipinski definition) is 2. The smallest absolute Gasteiger partial charge is 0.410 e. The van der Waals surface area contributed by atoms with Gasteiger partial charge in [0.2, 0.25) is 0 Å². The molecule has 2 aromatic rings. The summed E-state index contributed by atoms with van der Waals surface area (Å²) in [5.74, 6) is -0.132. The third-order valence-electron chi connectivity index (χ3n) is 10.7. The number of likely N-dealkylation sites (tertiary alicyclic amines) is 3. The summed E-state index contributed by atoms with van der Waals surface area (Å²) in [5, 5.41) is 13.4. The van der Waals surface area contributed by atoms with Crippen molar-refractivity contribution in [1.82, 2.24) is 19.6 Å². The standard InChI is InChI=1S/C36H49N5O5/c1-26-7-3-4-9-28(26)25-32(33(42)39-18-12-29(13-19-39)38-23-16-36(2,45)17-24-38)46-35(44)40-20-14-30(15-21-40)41-22-11-27-8-5-6-10-31(27)37-34(41)43/h3-10,29-30,32,45H,11-25H2,1-2H3,(H,37,43)/t32-/m1/s1. The Morgan fingerprint density at radius 3 is 2.24 bits per heavy atom. The fraction of sp³-hybridized carbons (Fsp3) is 0.583. The van der Waals surface area contributed by atoms with Crippen molar-refractivity contribution < 1.29 is 24.2 Å². The molecular weight excluding hydrogens is 582 g/mol. The minimum absolute atomic E-state index is 0.0371. The number of nitrogens with zero attached hydrogens (tertiary/aromatic N) is 4. The van der Waals surface area contributed by atoms with Gasteiger partial charge in [0, 0.05) is 70.0 Å². The first-order chi connectivity index (χ1) is 22.2. The highest BCUT2D eigenvalue weighted by molar-refractivity contribution is 5.91. The van der Waals surface area contributed by atoms with E-state index in [1.165, 1.54) is 0 Å². The Morgan fingerprint density at radius 1 is 0.891 bits per heavy atom. The number of carbonyl (C=O) groups excluding carboxylic acids is 3. The number of ether oxygens (including phenoxy) is 1. The second-order valence-electron chi connectivity index (χ2n) is 13.8. The van der Waals surface area contributed by atoms with Crippen LogP contribution in [0.15, 0.2) is 48.5 Å². The molecule has 10 heteroatoms. The maximum absolute atomic E-state index is 14.0. The molecule has 46 heavy (non-hydrogen) atoms. The maximum Gasteiger partial charge on any atom is 0.410 e. The Morgan fingerprint density at radius 2 is 1.52 bits per heavy atom. The summed E-state index contributed by atoms with van der Waals surface area (Å²) < 4.78 is 6.06. The third-order valence-corrected chi connectivity index (χ3v) is 10.7. The third kappa shape index (κ3) is 7.50. The van der Waals surface area contributed by atoms with Gasteiger partial charge in [-0.15, -0.1) is 0 Å². The Labute approximate surface area is 272 Å². The topological polar surface area (TPSA) is 106 Å². The first-order valence-corrected chi connectivity index (χ1v) is 17.1. The van der Waals surface area contributed by atoms with E-state index >= 15 is 0 Å². The highest BCUT2D eigenvalue weighted by Crippen LogP contribution is 2.28. The van der Waals surface area contributed by atoms with E-state index in [-0.39, 0.29) is 18.0 Å². The zero-order chi connectivity index (χ0) is 32.3. The predicted octanol–water partition coefficient (Wildman–Crippen LogP) is 4.44. The molecular formula is C36H49N5O5. The molecule has 3 saturated heterocycles. The lowest BCUT2D eigenvalue weighted by atomic mass is 9.91. The van der Waals surface area contributed by atoms with E-state index in [9.17, 15) is 19.5 Å². The number of carbonyl (C=O) groups is 3. The molecule has 0 spiro atoms. The number of hydrogen-bond acceptors (Lipinski definition) is 6. The van der Waals surface area contributed by atoms with Gasteiger partial charge in [-0.3, -0.25) is 4.79 Å². The molecule has 0 radical (unpaired) electrons. The largest absolute Gasteiger partial charge is 0.436 e. The number of fused-ring (bicyclic) bond motifs is 1. The van der Waals surface area contributed by atoms with Gasteiger partial charge in [0.1, 0.15) is 0 Å². The van der Waals surface area contributed by atoms with Crippen LogP contribution in [0.3, 0.4) is 0 Å². The van der Waals surface area contributed by atoms with Crippen LogP contribution in [0, 0.1) is 6.92 Å². The summed E-state index contributed by atoms with van der Waals surface area (Å²) >= 11 is 0. The summed E-state index contributed by atoms with van der Waals surface area (Å²) in [4.78, 5) is 48.5. The first kappa shape index (κ1) is 32.3. The van der Waals surface area contributed by atoms with Crippen molar-refractivity contribution in [3.8, 4) is 0 Å². The van der Waals surface area contributed by atoms with E-state index in [0.717, 1.165) is 67.6 Å². The maximum atomic E-state index is 14.0. The summed E-state index contributed by atoms with van der Waals surface area (Å²) in [6.07, 6.45) is 4.39. The highest BCUT2D eigenvalue weighted by atomic mass is 16.6.